The Morgan fingerprint density at radius 2 is 0.845 bits per heavy atom. The Hall–Kier alpha value is -9.12. The van der Waals surface area contributed by atoms with Crippen LogP contribution in [0.15, 0.2) is 242 Å². The Kier molecular flexibility index (Phi) is 9.31. The number of hydrogen-bond donors (Lipinski definition) is 0. The maximum atomic E-state index is 9.47. The number of rotatable bonds is 7. The van der Waals surface area contributed by atoms with Gasteiger partial charge in [-0.2, -0.15) is 0 Å². The van der Waals surface area contributed by atoms with Gasteiger partial charge in [0.15, 0.2) is 0 Å². The molecule has 3 nitrogen and oxygen atoms in total. The molecule has 0 fully saturated rings. The van der Waals surface area contributed by atoms with Gasteiger partial charge in [-0.15, -0.1) is 0 Å². The Morgan fingerprint density at radius 3 is 1.38 bits per heavy atom. The molecule has 2 aliphatic heterocycles. The zero-order valence-corrected chi connectivity index (χ0v) is 49.2. The van der Waals surface area contributed by atoms with Crippen molar-refractivity contribution in [3.63, 3.8) is 0 Å². The Balaban J connectivity index is 1.03. The van der Waals surface area contributed by atoms with Crippen LogP contribution in [-0.4, -0.2) is 6.71 Å². The lowest BCUT2D eigenvalue weighted by atomic mass is 9.33. The first kappa shape index (κ1) is 41.8. The first-order valence-corrected chi connectivity index (χ1v) is 29.3. The van der Waals surface area contributed by atoms with Gasteiger partial charge in [0.2, 0.25) is 0 Å². The lowest BCUT2D eigenvalue weighted by Gasteiger charge is -2.45. The minimum Gasteiger partial charge on any atom is -0.311 e. The molecule has 4 aliphatic rings. The van der Waals surface area contributed by atoms with Gasteiger partial charge in [-0.3, -0.25) is 0 Å². The molecule has 15 rings (SSSR count). The van der Waals surface area contributed by atoms with E-state index in [1.807, 2.05) is 12.1 Å². The number of nitrogens with zero attached hydrogens (tertiary/aromatic N) is 3. The van der Waals surface area contributed by atoms with Gasteiger partial charge >= 0.3 is 0 Å². The van der Waals surface area contributed by atoms with Crippen LogP contribution >= 0.6 is 0 Å². The second-order valence-electron chi connectivity index (χ2n) is 26.2. The van der Waals surface area contributed by atoms with E-state index in [0.717, 1.165) is 72.6 Å². The van der Waals surface area contributed by atoms with Gasteiger partial charge in [0.1, 0.15) is 0 Å². The predicted molar refractivity (Wildman–Crippen MR) is 359 cm³/mol. The van der Waals surface area contributed by atoms with Crippen LogP contribution in [0.2, 0.25) is 0 Å². The van der Waals surface area contributed by atoms with Crippen LogP contribution in [0, 0.1) is 0 Å². The summed E-state index contributed by atoms with van der Waals surface area (Å²) in [6.07, 6.45) is 0. The summed E-state index contributed by atoms with van der Waals surface area (Å²) in [7, 11) is 0. The van der Waals surface area contributed by atoms with E-state index in [1.54, 1.807) is 6.07 Å². The molecule has 0 unspecified atom stereocenters. The minimum atomic E-state index is -0.633. The maximum Gasteiger partial charge on any atom is 0.252 e. The van der Waals surface area contributed by atoms with E-state index in [0.29, 0.717) is 5.69 Å². The molecule has 0 radical (unpaired) electrons. The van der Waals surface area contributed by atoms with Crippen LogP contribution in [-0.2, 0) is 21.7 Å². The van der Waals surface area contributed by atoms with Crippen LogP contribution in [0.1, 0.15) is 116 Å². The number of benzene rings is 11. The zero-order valence-electron chi connectivity index (χ0n) is 59.2. The summed E-state index contributed by atoms with van der Waals surface area (Å²) in [4.78, 5) is 5.96. The molecule has 2 aliphatic carbocycles. The fourth-order valence-corrected chi connectivity index (χ4v) is 14.3. The van der Waals surface area contributed by atoms with Crippen LogP contribution in [0.5, 0.6) is 0 Å². The fraction of sp³-hybridized carbons (Fsp3) is 0.175. The van der Waals surface area contributed by atoms with Crippen molar-refractivity contribution >= 4 is 74.3 Å². The molecule has 0 aromatic heterocycles. The van der Waals surface area contributed by atoms with Crippen LogP contribution in [0.4, 0.5) is 51.2 Å². The summed E-state index contributed by atoms with van der Waals surface area (Å²) < 4.78 is 91.1. The van der Waals surface area contributed by atoms with Crippen molar-refractivity contribution in [1.82, 2.24) is 0 Å². The molecule has 0 N–H and O–H groups in total. The summed E-state index contributed by atoms with van der Waals surface area (Å²) in [6.45, 7) is 22.0. The van der Waals surface area contributed by atoms with Crippen molar-refractivity contribution in [3.8, 4) is 44.5 Å². The third-order valence-corrected chi connectivity index (χ3v) is 18.6. The molecule has 0 amide bonds. The summed E-state index contributed by atoms with van der Waals surface area (Å²) in [5.74, 6) is 0. The second-order valence-corrected chi connectivity index (χ2v) is 26.2. The van der Waals surface area contributed by atoms with Crippen molar-refractivity contribution in [1.29, 1.82) is 0 Å². The Bertz CT molecular complexity index is 4950. The largest absolute Gasteiger partial charge is 0.311 e. The summed E-state index contributed by atoms with van der Waals surface area (Å²) in [5, 5.41) is 0. The van der Waals surface area contributed by atoms with E-state index >= 15 is 0 Å². The van der Waals surface area contributed by atoms with Gasteiger partial charge in [0, 0.05) is 62.0 Å². The Labute approximate surface area is 511 Å². The second kappa shape index (κ2) is 18.7. The van der Waals surface area contributed by atoms with Gasteiger partial charge in [0.05, 0.1) is 13.7 Å². The van der Waals surface area contributed by atoms with E-state index in [2.05, 4.69) is 243 Å². The summed E-state index contributed by atoms with van der Waals surface area (Å²) in [5.41, 5.74) is 23.6. The molecule has 84 heavy (non-hydrogen) atoms. The lowest BCUT2D eigenvalue weighted by molar-refractivity contribution is 0.590. The quantitative estimate of drug-likeness (QED) is 0.147. The van der Waals surface area contributed by atoms with Crippen molar-refractivity contribution in [3.05, 3.63) is 276 Å². The fourth-order valence-electron chi connectivity index (χ4n) is 14.3. The monoisotopic (exact) mass is 1090 g/mol. The average molecular weight is 1090 g/mol. The molecule has 0 spiro atoms. The minimum absolute atomic E-state index is 0.165. The number of hydrogen-bond acceptors (Lipinski definition) is 3. The highest BCUT2D eigenvalue weighted by Gasteiger charge is 2.46. The van der Waals surface area contributed by atoms with Crippen LogP contribution < -0.4 is 31.1 Å². The number of anilines is 9. The summed E-state index contributed by atoms with van der Waals surface area (Å²) in [6, 6.07) is 59.7. The molecule has 11 aromatic rings. The molecule has 0 saturated carbocycles. The summed E-state index contributed by atoms with van der Waals surface area (Å²) >= 11 is 0. The molecular weight excluding hydrogens is 1010 g/mol. The molecular formula is C80H70BN3. The van der Waals surface area contributed by atoms with E-state index < -0.39 is 67.1 Å². The van der Waals surface area contributed by atoms with Gasteiger partial charge in [0.25, 0.3) is 6.71 Å². The topological polar surface area (TPSA) is 9.72 Å². The molecule has 11 aromatic carbocycles. The molecule has 0 atom stereocenters. The number of para-hydroxylation sites is 2. The van der Waals surface area contributed by atoms with E-state index in [9.17, 15) is 5.48 Å². The molecule has 4 heteroatoms. The molecule has 0 bridgehead atoms. The Morgan fingerprint density at radius 1 is 0.381 bits per heavy atom. The number of fused-ring (bicyclic) bond motifs is 10. The van der Waals surface area contributed by atoms with E-state index in [1.165, 1.54) is 55.0 Å². The molecule has 0 saturated heterocycles. The normalized spacial score (nSPS) is 16.3. The predicted octanol–water partition coefficient (Wildman–Crippen LogP) is 19.8. The highest BCUT2D eigenvalue weighted by atomic mass is 15.2. The van der Waals surface area contributed by atoms with Gasteiger partial charge in [-0.05, 0) is 184 Å². The van der Waals surface area contributed by atoms with E-state index in [-0.39, 0.29) is 38.7 Å². The standard InChI is InChI=1S/C80H70BN3/c1-77(2,3)53-38-42-58(43-39-53)84-71-50-59(82(55-23-13-11-14-24-55)56-25-15-12-16-26-56)44-45-68(71)81-69-47-52(61-30-22-34-67-75(61)63-28-18-20-32-65(63)80(67,9)10)37-46-70(69)83(72-48-54(78(4,5)6)49-73(84)76(72)81)57-40-35-51(36-41-57)60-29-21-33-66-74(60)62-27-17-19-31-64(62)79(66,7)8/h11-50H,1-10H3/i11D,12D,13D,14D,15D,16D,23D,24D,25D,26D. The highest BCUT2D eigenvalue weighted by molar-refractivity contribution is 7.00. The molecule has 2 heterocycles. The van der Waals surface area contributed by atoms with Crippen molar-refractivity contribution in [2.45, 2.75) is 90.9 Å². The maximum absolute atomic E-state index is 9.47. The SMILES string of the molecule is [2H]c1c([2H])c([2H])c(N(c2ccc3c(c2)N(c2ccc(C(C)(C)C)cc2)c2cc(C(C)(C)C)cc4c2B3c2cc(-c3cccc5c3-c3ccccc3C5(C)C)ccc2N4c2ccc(-c3cccc4c3-c3ccccc3C4(C)C)cc2)c2c([2H])c([2H])c([2H])c([2H])c2[2H])c([2H])c1[2H]. The zero-order chi connectivity index (χ0) is 66.3. The first-order valence-electron chi connectivity index (χ1n) is 34.3. The van der Waals surface area contributed by atoms with Crippen molar-refractivity contribution in [2.24, 2.45) is 0 Å². The average Bonchev–Trinajstić information content (AvgIpc) is 0.937. The highest BCUT2D eigenvalue weighted by Crippen LogP contribution is 2.55. The van der Waals surface area contributed by atoms with Crippen LogP contribution in [0.25, 0.3) is 44.5 Å². The van der Waals surface area contributed by atoms with Crippen LogP contribution in [0.3, 0.4) is 0 Å². The first-order chi connectivity index (χ1) is 44.6. The third kappa shape index (κ3) is 7.86. The van der Waals surface area contributed by atoms with E-state index in [4.69, 9.17) is 8.22 Å². The van der Waals surface area contributed by atoms with Gasteiger partial charge in [-0.1, -0.05) is 233 Å². The van der Waals surface area contributed by atoms with Crippen molar-refractivity contribution < 1.29 is 13.7 Å². The van der Waals surface area contributed by atoms with Gasteiger partial charge < -0.3 is 14.7 Å². The smallest absolute Gasteiger partial charge is 0.252 e. The van der Waals surface area contributed by atoms with Crippen molar-refractivity contribution in [2.75, 3.05) is 14.7 Å². The molecule has 408 valence electrons. The lowest BCUT2D eigenvalue weighted by Crippen LogP contribution is -2.61. The third-order valence-electron chi connectivity index (χ3n) is 18.6. The van der Waals surface area contributed by atoms with Gasteiger partial charge in [-0.25, -0.2) is 0 Å².